The minimum Gasteiger partial charge on any atom is -0.311 e. The van der Waals surface area contributed by atoms with Gasteiger partial charge in [0.1, 0.15) is 6.33 Å². The van der Waals surface area contributed by atoms with Crippen molar-refractivity contribution < 1.29 is 0 Å². The van der Waals surface area contributed by atoms with E-state index in [2.05, 4.69) is 15.1 Å². The maximum absolute atomic E-state index is 5.84. The second-order valence-electron chi connectivity index (χ2n) is 4.20. The average molecular weight is 304 g/mol. The van der Waals surface area contributed by atoms with Gasteiger partial charge in [0.05, 0.1) is 0 Å². The topological polar surface area (TPSA) is 48.0 Å². The van der Waals surface area contributed by atoms with Crippen LogP contribution in [0.15, 0.2) is 30.6 Å². The summed E-state index contributed by atoms with van der Waals surface area (Å²) < 4.78 is 3.80. The number of halogens is 1. The van der Waals surface area contributed by atoms with Crippen LogP contribution in [-0.4, -0.2) is 24.1 Å². The molecule has 5 nitrogen and oxygen atoms in total. The van der Waals surface area contributed by atoms with Crippen LogP contribution in [-0.2, 0) is 7.05 Å². The molecule has 0 atom stereocenters. The number of fused-ring (bicyclic) bond motifs is 1. The summed E-state index contributed by atoms with van der Waals surface area (Å²) >= 11 is 11.1. The molecule has 0 bridgehead atoms. The maximum atomic E-state index is 5.84. The number of benzene rings is 1. The third-order valence-corrected chi connectivity index (χ3v) is 3.44. The molecule has 0 fully saturated rings. The van der Waals surface area contributed by atoms with Crippen LogP contribution in [0.5, 0.6) is 0 Å². The zero-order valence-electron chi connectivity index (χ0n) is 10.6. The van der Waals surface area contributed by atoms with Crippen LogP contribution in [0, 0.1) is 4.77 Å². The fraction of sp³-hybridized carbons (Fsp3) is 0.0769. The van der Waals surface area contributed by atoms with Gasteiger partial charge in [0, 0.05) is 12.1 Å². The van der Waals surface area contributed by atoms with Gasteiger partial charge in [-0.25, -0.2) is 4.98 Å². The smallest absolute Gasteiger partial charge is 0.256 e. The van der Waals surface area contributed by atoms with E-state index in [1.54, 1.807) is 10.9 Å². The predicted molar refractivity (Wildman–Crippen MR) is 81.0 cm³/mol. The zero-order valence-corrected chi connectivity index (χ0v) is 12.1. The summed E-state index contributed by atoms with van der Waals surface area (Å²) in [6.45, 7) is 0. The second kappa shape index (κ2) is 5.15. The standard InChI is InChI=1S/C13H10ClN5S/c1-18-8-15-12-16-11(17-19(12)13(18)20)7-4-9-2-5-10(14)6-3-9/h2-8H,1H3. The Morgan fingerprint density at radius 3 is 2.70 bits per heavy atom. The molecule has 0 aliphatic heterocycles. The van der Waals surface area contributed by atoms with Gasteiger partial charge in [-0.1, -0.05) is 29.8 Å². The molecule has 0 radical (unpaired) electrons. The molecule has 0 N–H and O–H groups in total. The van der Waals surface area contributed by atoms with E-state index in [0.717, 1.165) is 5.56 Å². The minimum atomic E-state index is 0.490. The van der Waals surface area contributed by atoms with E-state index in [4.69, 9.17) is 23.8 Å². The normalized spacial score (nSPS) is 11.5. The first-order valence-electron chi connectivity index (χ1n) is 5.85. The molecule has 20 heavy (non-hydrogen) atoms. The Bertz CT molecular complexity index is 847. The summed E-state index contributed by atoms with van der Waals surface area (Å²) in [5.41, 5.74) is 1.02. The van der Waals surface area contributed by atoms with Gasteiger partial charge >= 0.3 is 0 Å². The van der Waals surface area contributed by atoms with Crippen molar-refractivity contribution in [3.63, 3.8) is 0 Å². The summed E-state index contributed by atoms with van der Waals surface area (Å²) in [4.78, 5) is 8.46. The molecule has 3 rings (SSSR count). The van der Waals surface area contributed by atoms with E-state index in [1.165, 1.54) is 4.52 Å². The first kappa shape index (κ1) is 13.0. The Kier molecular flexibility index (Phi) is 3.33. The molecule has 2 heterocycles. The molecule has 0 saturated carbocycles. The number of rotatable bonds is 2. The Hall–Kier alpha value is -2.05. The van der Waals surface area contributed by atoms with Gasteiger partial charge in [-0.15, -0.1) is 5.10 Å². The quantitative estimate of drug-likeness (QED) is 0.683. The molecule has 0 saturated heterocycles. The summed E-state index contributed by atoms with van der Waals surface area (Å²) in [5.74, 6) is 1.05. The predicted octanol–water partition coefficient (Wildman–Crippen LogP) is 3.02. The van der Waals surface area contributed by atoms with Gasteiger partial charge in [-0.05, 0) is 36.0 Å². The molecular weight excluding hydrogens is 294 g/mol. The molecule has 1 aromatic carbocycles. The molecule has 0 unspecified atom stereocenters. The number of nitrogens with zero attached hydrogens (tertiary/aromatic N) is 5. The van der Waals surface area contributed by atoms with Crippen molar-refractivity contribution in [3.05, 3.63) is 51.8 Å². The summed E-state index contributed by atoms with van der Waals surface area (Å²) in [7, 11) is 1.82. The third kappa shape index (κ3) is 2.48. The molecular formula is C13H10ClN5S. The Morgan fingerprint density at radius 1 is 1.20 bits per heavy atom. The molecule has 0 amide bonds. The van der Waals surface area contributed by atoms with Crippen LogP contribution in [0.4, 0.5) is 0 Å². The van der Waals surface area contributed by atoms with E-state index < -0.39 is 0 Å². The summed E-state index contributed by atoms with van der Waals surface area (Å²) in [6.07, 6.45) is 5.35. The molecule has 0 aliphatic carbocycles. The SMILES string of the molecule is Cn1cnc2nc(C=Cc3ccc(Cl)cc3)nn2c1=S. The summed E-state index contributed by atoms with van der Waals surface area (Å²) in [6, 6.07) is 7.51. The lowest BCUT2D eigenvalue weighted by molar-refractivity contribution is 0.746. The van der Waals surface area contributed by atoms with Crippen LogP contribution >= 0.6 is 23.8 Å². The number of hydrogen-bond donors (Lipinski definition) is 0. The molecule has 7 heteroatoms. The van der Waals surface area contributed by atoms with E-state index in [-0.39, 0.29) is 0 Å². The highest BCUT2D eigenvalue weighted by Gasteiger charge is 2.03. The van der Waals surface area contributed by atoms with Crippen molar-refractivity contribution in [3.8, 4) is 0 Å². The molecule has 0 aliphatic rings. The lowest BCUT2D eigenvalue weighted by Gasteiger charge is -1.96. The monoisotopic (exact) mass is 303 g/mol. The van der Waals surface area contributed by atoms with Crippen LogP contribution in [0.3, 0.4) is 0 Å². The number of hydrogen-bond acceptors (Lipinski definition) is 4. The third-order valence-electron chi connectivity index (χ3n) is 2.73. The van der Waals surface area contributed by atoms with Gasteiger partial charge in [0.25, 0.3) is 5.78 Å². The van der Waals surface area contributed by atoms with Crippen molar-refractivity contribution >= 4 is 41.7 Å². The average Bonchev–Trinajstić information content (AvgIpc) is 2.86. The Morgan fingerprint density at radius 2 is 1.95 bits per heavy atom. The van der Waals surface area contributed by atoms with Crippen LogP contribution < -0.4 is 0 Å². The largest absolute Gasteiger partial charge is 0.311 e. The fourth-order valence-corrected chi connectivity index (χ4v) is 1.98. The molecule has 2 aromatic heterocycles. The highest BCUT2D eigenvalue weighted by atomic mass is 35.5. The van der Waals surface area contributed by atoms with Gasteiger partial charge in [0.15, 0.2) is 5.82 Å². The second-order valence-corrected chi connectivity index (χ2v) is 5.01. The van der Waals surface area contributed by atoms with Crippen LogP contribution in [0.2, 0.25) is 5.02 Å². The van der Waals surface area contributed by atoms with Crippen molar-refractivity contribution in [2.24, 2.45) is 7.05 Å². The van der Waals surface area contributed by atoms with Gasteiger partial charge in [-0.2, -0.15) is 9.50 Å². The Labute approximate surface area is 125 Å². The fourth-order valence-electron chi connectivity index (χ4n) is 1.68. The highest BCUT2D eigenvalue weighted by Crippen LogP contribution is 2.11. The lowest BCUT2D eigenvalue weighted by Crippen LogP contribution is -2.02. The van der Waals surface area contributed by atoms with Crippen LogP contribution in [0.25, 0.3) is 17.9 Å². The minimum absolute atomic E-state index is 0.490. The molecule has 3 aromatic rings. The van der Waals surface area contributed by atoms with Crippen molar-refractivity contribution in [2.45, 2.75) is 0 Å². The zero-order chi connectivity index (χ0) is 14.1. The molecule has 0 spiro atoms. The first-order chi connectivity index (χ1) is 9.63. The van der Waals surface area contributed by atoms with Gasteiger partial charge in [-0.3, -0.25) is 0 Å². The first-order valence-corrected chi connectivity index (χ1v) is 6.64. The maximum Gasteiger partial charge on any atom is 0.256 e. The van der Waals surface area contributed by atoms with Gasteiger partial charge in [0.2, 0.25) is 4.77 Å². The van der Waals surface area contributed by atoms with E-state index in [9.17, 15) is 0 Å². The van der Waals surface area contributed by atoms with Crippen molar-refractivity contribution in [2.75, 3.05) is 0 Å². The van der Waals surface area contributed by atoms with E-state index in [1.807, 2.05) is 43.5 Å². The van der Waals surface area contributed by atoms with Gasteiger partial charge < -0.3 is 4.57 Å². The number of aromatic nitrogens is 5. The number of aryl methyl sites for hydroxylation is 1. The van der Waals surface area contributed by atoms with Crippen molar-refractivity contribution in [1.29, 1.82) is 0 Å². The summed E-state index contributed by atoms with van der Waals surface area (Å²) in [5, 5.41) is 5.02. The van der Waals surface area contributed by atoms with Crippen molar-refractivity contribution in [1.82, 2.24) is 24.1 Å². The Balaban J connectivity index is 1.97. The molecule has 100 valence electrons. The van der Waals surface area contributed by atoms with E-state index in [0.29, 0.717) is 21.4 Å². The van der Waals surface area contributed by atoms with E-state index >= 15 is 0 Å². The lowest BCUT2D eigenvalue weighted by atomic mass is 10.2. The van der Waals surface area contributed by atoms with Crippen LogP contribution in [0.1, 0.15) is 11.4 Å². The highest BCUT2D eigenvalue weighted by molar-refractivity contribution is 7.71.